The monoisotopic (exact) mass is 206 g/mol. The van der Waals surface area contributed by atoms with Crippen LogP contribution in [0.5, 0.6) is 0 Å². The molecule has 2 nitrogen and oxygen atoms in total. The fourth-order valence-corrected chi connectivity index (χ4v) is 1.47. The Labute approximate surface area is 88.3 Å². The smallest absolute Gasteiger partial charge is 0.108 e. The van der Waals surface area contributed by atoms with Crippen LogP contribution in [0.15, 0.2) is 41.0 Å². The molecule has 1 aliphatic rings. The van der Waals surface area contributed by atoms with Gasteiger partial charge in [-0.3, -0.25) is 4.99 Å². The van der Waals surface area contributed by atoms with Crippen LogP contribution in [0.4, 0.5) is 0 Å². The van der Waals surface area contributed by atoms with Gasteiger partial charge in [-0.05, 0) is 30.7 Å². The topological polar surface area (TPSA) is 24.4 Å². The van der Waals surface area contributed by atoms with E-state index in [0.717, 1.165) is 22.0 Å². The SMILES string of the molecule is CC1=CC(c2ccc(Cl)cc2)=NCN1. The van der Waals surface area contributed by atoms with E-state index in [-0.39, 0.29) is 0 Å². The van der Waals surface area contributed by atoms with Gasteiger partial charge in [0.15, 0.2) is 0 Å². The molecule has 0 atom stereocenters. The molecule has 1 aromatic carbocycles. The van der Waals surface area contributed by atoms with E-state index in [1.807, 2.05) is 37.3 Å². The number of benzene rings is 1. The number of rotatable bonds is 1. The van der Waals surface area contributed by atoms with E-state index in [1.165, 1.54) is 0 Å². The number of nitrogens with one attached hydrogen (secondary N) is 1. The minimum atomic E-state index is 0.653. The van der Waals surface area contributed by atoms with Crippen LogP contribution in [-0.2, 0) is 0 Å². The normalized spacial score (nSPS) is 15.6. The molecule has 0 spiro atoms. The molecule has 1 aliphatic heterocycles. The van der Waals surface area contributed by atoms with Crippen molar-refractivity contribution in [2.24, 2.45) is 4.99 Å². The first-order valence-corrected chi connectivity index (χ1v) is 4.86. The van der Waals surface area contributed by atoms with Gasteiger partial charge in [-0.15, -0.1) is 0 Å². The molecule has 0 bridgehead atoms. The lowest BCUT2D eigenvalue weighted by Gasteiger charge is -2.12. The second kappa shape index (κ2) is 3.84. The van der Waals surface area contributed by atoms with Crippen molar-refractivity contribution in [3.8, 4) is 0 Å². The summed E-state index contributed by atoms with van der Waals surface area (Å²) in [5, 5.41) is 3.89. The summed E-state index contributed by atoms with van der Waals surface area (Å²) in [6.45, 7) is 2.69. The summed E-state index contributed by atoms with van der Waals surface area (Å²) in [7, 11) is 0. The van der Waals surface area contributed by atoms with E-state index in [4.69, 9.17) is 11.6 Å². The fourth-order valence-electron chi connectivity index (χ4n) is 1.35. The van der Waals surface area contributed by atoms with E-state index in [2.05, 4.69) is 10.3 Å². The lowest BCUT2D eigenvalue weighted by molar-refractivity contribution is 0.817. The molecule has 0 fully saturated rings. The average Bonchev–Trinajstić information content (AvgIpc) is 2.19. The van der Waals surface area contributed by atoms with Crippen molar-refractivity contribution in [2.45, 2.75) is 6.92 Å². The largest absolute Gasteiger partial charge is 0.370 e. The Balaban J connectivity index is 2.32. The number of nitrogens with zero attached hydrogens (tertiary/aromatic N) is 1. The van der Waals surface area contributed by atoms with Gasteiger partial charge in [-0.25, -0.2) is 0 Å². The predicted molar refractivity (Wildman–Crippen MR) is 59.7 cm³/mol. The van der Waals surface area contributed by atoms with Gasteiger partial charge in [0.2, 0.25) is 0 Å². The molecule has 0 aromatic heterocycles. The van der Waals surface area contributed by atoms with Crippen LogP contribution in [0.3, 0.4) is 0 Å². The molecule has 14 heavy (non-hydrogen) atoms. The Morgan fingerprint density at radius 3 is 2.64 bits per heavy atom. The Bertz CT molecular complexity index is 390. The number of aliphatic imine (C=N–C) groups is 1. The van der Waals surface area contributed by atoms with Crippen LogP contribution in [0, 0.1) is 0 Å². The van der Waals surface area contributed by atoms with E-state index in [9.17, 15) is 0 Å². The third-order valence-corrected chi connectivity index (χ3v) is 2.35. The summed E-state index contributed by atoms with van der Waals surface area (Å²) in [5.74, 6) is 0. The molecule has 1 aromatic rings. The first kappa shape index (κ1) is 9.28. The molecule has 1 N–H and O–H groups in total. The van der Waals surface area contributed by atoms with Gasteiger partial charge in [0, 0.05) is 10.7 Å². The van der Waals surface area contributed by atoms with Crippen LogP contribution >= 0.6 is 11.6 Å². The van der Waals surface area contributed by atoms with Crippen LogP contribution in [-0.4, -0.2) is 12.4 Å². The highest BCUT2D eigenvalue weighted by atomic mass is 35.5. The predicted octanol–water partition coefficient (Wildman–Crippen LogP) is 2.59. The van der Waals surface area contributed by atoms with Gasteiger partial charge in [-0.1, -0.05) is 23.7 Å². The molecule has 0 unspecified atom stereocenters. The van der Waals surface area contributed by atoms with E-state index < -0.39 is 0 Å². The van der Waals surface area contributed by atoms with Crippen molar-refractivity contribution in [3.63, 3.8) is 0 Å². The van der Waals surface area contributed by atoms with E-state index >= 15 is 0 Å². The summed E-state index contributed by atoms with van der Waals surface area (Å²) in [6, 6.07) is 7.72. The first-order valence-electron chi connectivity index (χ1n) is 4.48. The van der Waals surface area contributed by atoms with Crippen LogP contribution in [0.2, 0.25) is 5.02 Å². The van der Waals surface area contributed by atoms with Crippen molar-refractivity contribution >= 4 is 17.3 Å². The van der Waals surface area contributed by atoms with E-state index in [1.54, 1.807) is 0 Å². The standard InChI is InChI=1S/C11H11ClN2/c1-8-6-11(14-7-13-8)9-2-4-10(12)5-3-9/h2-6,13H,7H2,1H3. The Morgan fingerprint density at radius 2 is 2.00 bits per heavy atom. The Hall–Kier alpha value is -1.28. The maximum absolute atomic E-state index is 5.81. The van der Waals surface area contributed by atoms with E-state index in [0.29, 0.717) is 6.67 Å². The van der Waals surface area contributed by atoms with Crippen LogP contribution < -0.4 is 5.32 Å². The first-order chi connectivity index (χ1) is 6.75. The van der Waals surface area contributed by atoms with Gasteiger partial charge in [0.05, 0.1) is 5.71 Å². The number of hydrogen-bond acceptors (Lipinski definition) is 2. The van der Waals surface area contributed by atoms with Gasteiger partial charge < -0.3 is 5.32 Å². The number of halogens is 1. The van der Waals surface area contributed by atoms with Crippen molar-refractivity contribution in [1.82, 2.24) is 5.32 Å². The highest BCUT2D eigenvalue weighted by Gasteiger charge is 2.04. The molecule has 0 saturated carbocycles. The highest BCUT2D eigenvalue weighted by Crippen LogP contribution is 2.12. The zero-order valence-corrected chi connectivity index (χ0v) is 8.67. The summed E-state index contributed by atoms with van der Waals surface area (Å²) in [5.41, 5.74) is 3.26. The summed E-state index contributed by atoms with van der Waals surface area (Å²) in [6.07, 6.45) is 2.03. The third-order valence-electron chi connectivity index (χ3n) is 2.10. The lowest BCUT2D eigenvalue weighted by atomic mass is 10.1. The van der Waals surface area contributed by atoms with Gasteiger partial charge in [-0.2, -0.15) is 0 Å². The molecule has 0 radical (unpaired) electrons. The number of hydrogen-bond donors (Lipinski definition) is 1. The summed E-state index contributed by atoms with van der Waals surface area (Å²) >= 11 is 5.81. The molecular weight excluding hydrogens is 196 g/mol. The number of allylic oxidation sites excluding steroid dienone is 2. The zero-order valence-electron chi connectivity index (χ0n) is 7.92. The van der Waals surface area contributed by atoms with Gasteiger partial charge in [0.1, 0.15) is 6.67 Å². The summed E-state index contributed by atoms with van der Waals surface area (Å²) in [4.78, 5) is 4.37. The molecule has 0 saturated heterocycles. The second-order valence-corrected chi connectivity index (χ2v) is 3.65. The van der Waals surface area contributed by atoms with Gasteiger partial charge in [0.25, 0.3) is 0 Å². The molecule has 1 heterocycles. The Morgan fingerprint density at radius 1 is 1.29 bits per heavy atom. The van der Waals surface area contributed by atoms with Crippen molar-refractivity contribution in [3.05, 3.63) is 46.6 Å². The average molecular weight is 207 g/mol. The minimum Gasteiger partial charge on any atom is -0.370 e. The Kier molecular flexibility index (Phi) is 2.55. The molecule has 2 rings (SSSR count). The fraction of sp³-hybridized carbons (Fsp3) is 0.182. The second-order valence-electron chi connectivity index (χ2n) is 3.21. The lowest BCUT2D eigenvalue weighted by Crippen LogP contribution is -2.19. The third kappa shape index (κ3) is 1.96. The van der Waals surface area contributed by atoms with Gasteiger partial charge >= 0.3 is 0 Å². The maximum atomic E-state index is 5.81. The summed E-state index contributed by atoms with van der Waals surface area (Å²) < 4.78 is 0. The quantitative estimate of drug-likeness (QED) is 0.751. The molecule has 72 valence electrons. The van der Waals surface area contributed by atoms with Crippen molar-refractivity contribution < 1.29 is 0 Å². The molecular formula is C11H11ClN2. The van der Waals surface area contributed by atoms with Crippen molar-refractivity contribution in [2.75, 3.05) is 6.67 Å². The van der Waals surface area contributed by atoms with Crippen molar-refractivity contribution in [1.29, 1.82) is 0 Å². The molecule has 0 amide bonds. The molecule has 0 aliphatic carbocycles. The molecule has 3 heteroatoms. The van der Waals surface area contributed by atoms with Crippen LogP contribution in [0.25, 0.3) is 0 Å². The highest BCUT2D eigenvalue weighted by molar-refractivity contribution is 6.30. The van der Waals surface area contributed by atoms with Crippen LogP contribution in [0.1, 0.15) is 12.5 Å². The maximum Gasteiger partial charge on any atom is 0.108 e. The zero-order chi connectivity index (χ0) is 9.97. The minimum absolute atomic E-state index is 0.653.